The molecule has 0 aliphatic carbocycles. The van der Waals surface area contributed by atoms with Crippen LogP contribution in [0.1, 0.15) is 11.7 Å². The number of anilines is 1. The Morgan fingerprint density at radius 2 is 1.71 bits per heavy atom. The Labute approximate surface area is 198 Å². The summed E-state index contributed by atoms with van der Waals surface area (Å²) in [5.74, 6) is -0.154. The highest BCUT2D eigenvalue weighted by molar-refractivity contribution is 5.61. The molecule has 0 fully saturated rings. The summed E-state index contributed by atoms with van der Waals surface area (Å²) < 4.78 is 47.8. The fraction of sp³-hybridized carbons (Fsp3) is 0.273. The predicted molar refractivity (Wildman–Crippen MR) is 119 cm³/mol. The van der Waals surface area contributed by atoms with Gasteiger partial charge in [-0.1, -0.05) is 5.16 Å². The van der Waals surface area contributed by atoms with Gasteiger partial charge in [0.25, 0.3) is 0 Å². The van der Waals surface area contributed by atoms with Crippen LogP contribution < -0.4 is 10.1 Å². The molecule has 182 valence electrons. The van der Waals surface area contributed by atoms with E-state index in [1.165, 1.54) is 12.4 Å². The Balaban J connectivity index is 1.35. The lowest BCUT2D eigenvalue weighted by atomic mass is 10.1. The van der Waals surface area contributed by atoms with Gasteiger partial charge in [0, 0.05) is 30.7 Å². The maximum atomic E-state index is 12.6. The van der Waals surface area contributed by atoms with Crippen LogP contribution in [0.5, 0.6) is 5.75 Å². The van der Waals surface area contributed by atoms with Gasteiger partial charge in [0.15, 0.2) is 0 Å². The van der Waals surface area contributed by atoms with Crippen molar-refractivity contribution in [2.24, 2.45) is 0 Å². The number of hydrogen-bond acceptors (Lipinski definition) is 10. The number of halogens is 3. The molecule has 0 saturated heterocycles. The first-order chi connectivity index (χ1) is 16.8. The topological polar surface area (TPSA) is 115 Å². The van der Waals surface area contributed by atoms with Gasteiger partial charge >= 0.3 is 12.1 Å². The maximum absolute atomic E-state index is 12.6. The Bertz CT molecular complexity index is 1240. The van der Waals surface area contributed by atoms with E-state index < -0.39 is 12.1 Å². The van der Waals surface area contributed by atoms with E-state index in [0.717, 1.165) is 23.6 Å². The first kappa shape index (κ1) is 24.0. The molecular formula is C22H21F3N8O2. The number of alkyl halides is 3. The summed E-state index contributed by atoms with van der Waals surface area (Å²) >= 11 is 0. The zero-order chi connectivity index (χ0) is 24.8. The number of nitrogens with one attached hydrogen (secondary N) is 1. The van der Waals surface area contributed by atoms with Crippen molar-refractivity contribution in [3.8, 4) is 28.4 Å². The average molecular weight is 486 g/mol. The van der Waals surface area contributed by atoms with Gasteiger partial charge in [-0.05, 0) is 44.4 Å². The minimum absolute atomic E-state index is 0.195. The van der Waals surface area contributed by atoms with Gasteiger partial charge in [0.05, 0.1) is 17.8 Å². The van der Waals surface area contributed by atoms with Crippen molar-refractivity contribution in [2.45, 2.75) is 12.7 Å². The normalized spacial score (nSPS) is 11.6. The molecule has 1 aromatic carbocycles. The smallest absolute Gasteiger partial charge is 0.471 e. The van der Waals surface area contributed by atoms with Gasteiger partial charge in [0.2, 0.25) is 11.8 Å². The van der Waals surface area contributed by atoms with Crippen molar-refractivity contribution in [2.75, 3.05) is 32.6 Å². The third kappa shape index (κ3) is 6.47. The number of rotatable bonds is 9. The van der Waals surface area contributed by atoms with Gasteiger partial charge in [0.1, 0.15) is 18.2 Å². The second-order valence-corrected chi connectivity index (χ2v) is 7.60. The molecule has 0 unspecified atom stereocenters. The molecular weight excluding hydrogens is 465 g/mol. The lowest BCUT2D eigenvalue weighted by Gasteiger charge is -2.11. The highest BCUT2D eigenvalue weighted by Crippen LogP contribution is 2.29. The molecule has 35 heavy (non-hydrogen) atoms. The van der Waals surface area contributed by atoms with Crippen LogP contribution in [-0.2, 0) is 12.7 Å². The summed E-state index contributed by atoms with van der Waals surface area (Å²) in [5.41, 5.74) is 1.81. The van der Waals surface area contributed by atoms with Crippen LogP contribution in [0.4, 0.5) is 19.1 Å². The largest absolute Gasteiger partial charge is 0.492 e. The third-order valence-electron chi connectivity index (χ3n) is 4.65. The van der Waals surface area contributed by atoms with Crippen molar-refractivity contribution in [1.29, 1.82) is 0 Å². The van der Waals surface area contributed by atoms with Crippen molar-refractivity contribution >= 4 is 5.95 Å². The molecule has 13 heteroatoms. The standard InChI is InChI=1S/C22H21F3N8O2/c1-33(2)9-10-34-16-5-3-14(4-6-16)17-7-8-26-21(30-17)29-13-18-27-11-15(12-28-18)19-31-20(35-32-19)22(23,24)25/h3-8,11-12H,9-10,13H2,1-2H3,(H,26,29,30). The lowest BCUT2D eigenvalue weighted by molar-refractivity contribution is -0.159. The van der Waals surface area contributed by atoms with E-state index in [-0.39, 0.29) is 17.9 Å². The van der Waals surface area contributed by atoms with Gasteiger partial charge in [-0.15, -0.1) is 0 Å². The van der Waals surface area contributed by atoms with E-state index in [1.54, 1.807) is 12.3 Å². The number of benzene rings is 1. The quantitative estimate of drug-likeness (QED) is 0.377. The van der Waals surface area contributed by atoms with Crippen LogP contribution in [0.15, 0.2) is 53.4 Å². The highest BCUT2D eigenvalue weighted by atomic mass is 19.4. The number of ether oxygens (including phenoxy) is 1. The first-order valence-corrected chi connectivity index (χ1v) is 10.4. The van der Waals surface area contributed by atoms with E-state index >= 15 is 0 Å². The summed E-state index contributed by atoms with van der Waals surface area (Å²) in [6.45, 7) is 1.62. The fourth-order valence-corrected chi connectivity index (χ4v) is 2.85. The summed E-state index contributed by atoms with van der Waals surface area (Å²) in [4.78, 5) is 22.3. The molecule has 4 aromatic rings. The lowest BCUT2D eigenvalue weighted by Crippen LogP contribution is -2.19. The summed E-state index contributed by atoms with van der Waals surface area (Å²) in [6.07, 6.45) is -0.459. The van der Waals surface area contributed by atoms with Crippen molar-refractivity contribution in [1.82, 2.24) is 35.0 Å². The van der Waals surface area contributed by atoms with E-state index in [9.17, 15) is 13.2 Å². The third-order valence-corrected chi connectivity index (χ3v) is 4.65. The van der Waals surface area contributed by atoms with Crippen molar-refractivity contribution in [3.05, 3.63) is 60.6 Å². The molecule has 3 heterocycles. The minimum atomic E-state index is -4.72. The number of aromatic nitrogens is 6. The number of likely N-dealkylation sites (N-methyl/N-ethyl adjacent to an activating group) is 1. The Morgan fingerprint density at radius 1 is 0.971 bits per heavy atom. The van der Waals surface area contributed by atoms with Crippen LogP contribution in [0.2, 0.25) is 0 Å². The van der Waals surface area contributed by atoms with Crippen LogP contribution in [0, 0.1) is 0 Å². The summed E-state index contributed by atoms with van der Waals surface area (Å²) in [7, 11) is 3.97. The van der Waals surface area contributed by atoms with E-state index in [4.69, 9.17) is 4.74 Å². The molecule has 0 atom stereocenters. The average Bonchev–Trinajstić information content (AvgIpc) is 3.35. The summed E-state index contributed by atoms with van der Waals surface area (Å²) in [6, 6.07) is 9.40. The molecule has 0 bridgehead atoms. The Hall–Kier alpha value is -4.13. The second-order valence-electron chi connectivity index (χ2n) is 7.60. The molecule has 10 nitrogen and oxygen atoms in total. The van der Waals surface area contributed by atoms with E-state index in [1.807, 2.05) is 43.3 Å². The van der Waals surface area contributed by atoms with Crippen molar-refractivity contribution < 1.29 is 22.4 Å². The molecule has 0 aliphatic heterocycles. The molecule has 0 aliphatic rings. The zero-order valence-corrected chi connectivity index (χ0v) is 18.8. The number of hydrogen-bond donors (Lipinski definition) is 1. The van der Waals surface area contributed by atoms with Gasteiger partial charge < -0.3 is 19.5 Å². The van der Waals surface area contributed by atoms with Crippen LogP contribution in [0.25, 0.3) is 22.6 Å². The van der Waals surface area contributed by atoms with E-state index in [0.29, 0.717) is 18.4 Å². The molecule has 3 aromatic heterocycles. The molecule has 0 spiro atoms. The molecule has 1 N–H and O–H groups in total. The monoisotopic (exact) mass is 486 g/mol. The summed E-state index contributed by atoms with van der Waals surface area (Å²) in [5, 5.41) is 6.34. The van der Waals surface area contributed by atoms with Gasteiger partial charge in [-0.2, -0.15) is 18.2 Å². The molecule has 0 saturated carbocycles. The van der Waals surface area contributed by atoms with Crippen LogP contribution >= 0.6 is 0 Å². The minimum Gasteiger partial charge on any atom is -0.492 e. The molecule has 0 radical (unpaired) electrons. The SMILES string of the molecule is CN(C)CCOc1ccc(-c2ccnc(NCc3ncc(-c4noc(C(F)(F)F)n4)cn3)n2)cc1. The fourth-order valence-electron chi connectivity index (χ4n) is 2.85. The molecule has 4 rings (SSSR count). The Morgan fingerprint density at radius 3 is 2.37 bits per heavy atom. The van der Waals surface area contributed by atoms with E-state index in [2.05, 4.69) is 39.9 Å². The first-order valence-electron chi connectivity index (χ1n) is 10.4. The zero-order valence-electron chi connectivity index (χ0n) is 18.8. The van der Waals surface area contributed by atoms with Gasteiger partial charge in [-0.25, -0.2) is 19.9 Å². The predicted octanol–water partition coefficient (Wildman–Crippen LogP) is 3.55. The maximum Gasteiger partial charge on any atom is 0.471 e. The van der Waals surface area contributed by atoms with Crippen LogP contribution in [-0.4, -0.2) is 62.2 Å². The van der Waals surface area contributed by atoms with Gasteiger partial charge in [-0.3, -0.25) is 0 Å². The molecule has 0 amide bonds. The number of nitrogens with zero attached hydrogens (tertiary/aromatic N) is 7. The van der Waals surface area contributed by atoms with Crippen LogP contribution in [0.3, 0.4) is 0 Å². The highest BCUT2D eigenvalue weighted by Gasteiger charge is 2.38. The second kappa shape index (κ2) is 10.4. The Kier molecular flexibility index (Phi) is 7.15. The van der Waals surface area contributed by atoms with Crippen molar-refractivity contribution in [3.63, 3.8) is 0 Å².